The number of fused-ring (bicyclic) bond motifs is 1. The molecule has 4 N–H and O–H groups in total. The number of hydrogen-bond acceptors (Lipinski definition) is 4. The van der Waals surface area contributed by atoms with E-state index in [1.807, 2.05) is 31.3 Å². The molecule has 1 aromatic heterocycles. The molecule has 0 bridgehead atoms. The number of aliphatic hydroxyl groups is 1. The van der Waals surface area contributed by atoms with E-state index in [4.69, 9.17) is 10.8 Å². The summed E-state index contributed by atoms with van der Waals surface area (Å²) in [7, 11) is 0. The minimum atomic E-state index is 0.231. The summed E-state index contributed by atoms with van der Waals surface area (Å²) in [6, 6.07) is 5.95. The number of aryl methyl sites for hydroxylation is 1. The van der Waals surface area contributed by atoms with E-state index in [-0.39, 0.29) is 6.61 Å². The highest BCUT2D eigenvalue weighted by atomic mass is 16.3. The minimum absolute atomic E-state index is 0.231. The van der Waals surface area contributed by atoms with Crippen LogP contribution in [0.3, 0.4) is 0 Å². The molecule has 0 aliphatic heterocycles. The molecule has 1 heterocycles. The van der Waals surface area contributed by atoms with Crippen LogP contribution in [-0.4, -0.2) is 23.2 Å². The second kappa shape index (κ2) is 5.89. The largest absolute Gasteiger partial charge is 0.398 e. The summed E-state index contributed by atoms with van der Waals surface area (Å²) in [5, 5.41) is 14.4. The molecule has 4 nitrogen and oxygen atoms in total. The van der Waals surface area contributed by atoms with E-state index >= 15 is 0 Å². The normalized spacial score (nSPS) is 12.6. The van der Waals surface area contributed by atoms with Crippen molar-refractivity contribution < 1.29 is 5.11 Å². The van der Waals surface area contributed by atoms with Crippen molar-refractivity contribution in [3.8, 4) is 0 Å². The van der Waals surface area contributed by atoms with Gasteiger partial charge in [-0.1, -0.05) is 6.92 Å². The fourth-order valence-electron chi connectivity index (χ4n) is 2.13. The molecule has 0 saturated heterocycles. The smallest absolute Gasteiger partial charge is 0.0434 e. The Morgan fingerprint density at radius 1 is 1.37 bits per heavy atom. The molecule has 102 valence electrons. The lowest BCUT2D eigenvalue weighted by atomic mass is 10.1. The van der Waals surface area contributed by atoms with Gasteiger partial charge in [0.1, 0.15) is 0 Å². The number of aliphatic hydroxyl groups excluding tert-OH is 1. The molecule has 2 rings (SSSR count). The number of rotatable bonds is 5. The van der Waals surface area contributed by atoms with Gasteiger partial charge < -0.3 is 16.2 Å². The maximum Gasteiger partial charge on any atom is 0.0434 e. The van der Waals surface area contributed by atoms with Gasteiger partial charge in [-0.3, -0.25) is 4.98 Å². The van der Waals surface area contributed by atoms with Crippen LogP contribution in [0.25, 0.3) is 10.8 Å². The number of aromatic nitrogens is 1. The Bertz CT molecular complexity index is 569. The lowest BCUT2D eigenvalue weighted by Crippen LogP contribution is -2.12. The average molecular weight is 259 g/mol. The van der Waals surface area contributed by atoms with E-state index in [1.165, 1.54) is 0 Å². The molecule has 1 unspecified atom stereocenters. The molecule has 0 aliphatic carbocycles. The van der Waals surface area contributed by atoms with Gasteiger partial charge in [0.25, 0.3) is 0 Å². The molecule has 1 aromatic carbocycles. The summed E-state index contributed by atoms with van der Waals surface area (Å²) in [6.07, 6.45) is 2.63. The molecule has 0 amide bonds. The molecule has 2 aromatic rings. The van der Waals surface area contributed by atoms with Crippen LogP contribution in [-0.2, 0) is 0 Å². The van der Waals surface area contributed by atoms with Crippen molar-refractivity contribution >= 4 is 22.1 Å². The van der Waals surface area contributed by atoms with Crippen LogP contribution in [0.4, 0.5) is 11.4 Å². The maximum atomic E-state index is 8.93. The zero-order valence-corrected chi connectivity index (χ0v) is 11.5. The fraction of sp³-hybridized carbons (Fsp3) is 0.400. The third kappa shape index (κ3) is 3.15. The molecule has 0 aliphatic rings. The zero-order valence-electron chi connectivity index (χ0n) is 11.5. The van der Waals surface area contributed by atoms with Crippen LogP contribution < -0.4 is 11.1 Å². The van der Waals surface area contributed by atoms with Crippen molar-refractivity contribution in [2.75, 3.05) is 24.2 Å². The SMILES string of the molecule is Cc1cc2c(NCC(C)CCO)ccc(N)c2cn1. The fourth-order valence-corrected chi connectivity index (χ4v) is 2.13. The Balaban J connectivity index is 2.28. The standard InChI is InChI=1S/C15H21N3O/c1-10(5-6-19)8-18-15-4-3-14(16)13-9-17-11(2)7-12(13)15/h3-4,7,9-10,18-19H,5-6,8,16H2,1-2H3. The first-order valence-electron chi connectivity index (χ1n) is 6.61. The lowest BCUT2D eigenvalue weighted by Gasteiger charge is -2.15. The third-order valence-corrected chi connectivity index (χ3v) is 3.33. The molecule has 1 atom stereocenters. The molecular formula is C15H21N3O. The van der Waals surface area contributed by atoms with Crippen molar-refractivity contribution in [3.63, 3.8) is 0 Å². The average Bonchev–Trinajstić information content (AvgIpc) is 2.38. The van der Waals surface area contributed by atoms with Crippen molar-refractivity contribution in [2.24, 2.45) is 5.92 Å². The molecular weight excluding hydrogens is 238 g/mol. The number of pyridine rings is 1. The quantitative estimate of drug-likeness (QED) is 0.722. The Labute approximate surface area is 113 Å². The van der Waals surface area contributed by atoms with Gasteiger partial charge in [0.2, 0.25) is 0 Å². The summed E-state index contributed by atoms with van der Waals surface area (Å²) in [5.41, 5.74) is 8.77. The van der Waals surface area contributed by atoms with Crippen LogP contribution >= 0.6 is 0 Å². The number of anilines is 2. The van der Waals surface area contributed by atoms with Crippen LogP contribution in [0.5, 0.6) is 0 Å². The van der Waals surface area contributed by atoms with E-state index in [9.17, 15) is 0 Å². The van der Waals surface area contributed by atoms with Gasteiger partial charge in [0.15, 0.2) is 0 Å². The Morgan fingerprint density at radius 2 is 2.16 bits per heavy atom. The Hall–Kier alpha value is -1.81. The van der Waals surface area contributed by atoms with E-state index in [0.29, 0.717) is 5.92 Å². The van der Waals surface area contributed by atoms with E-state index in [1.54, 1.807) is 0 Å². The summed E-state index contributed by atoms with van der Waals surface area (Å²) >= 11 is 0. The topological polar surface area (TPSA) is 71.2 Å². The van der Waals surface area contributed by atoms with Gasteiger partial charge in [0.05, 0.1) is 0 Å². The van der Waals surface area contributed by atoms with E-state index in [0.717, 1.165) is 40.8 Å². The summed E-state index contributed by atoms with van der Waals surface area (Å²) in [4.78, 5) is 4.29. The minimum Gasteiger partial charge on any atom is -0.398 e. The molecule has 0 saturated carbocycles. The molecule has 0 spiro atoms. The summed E-state index contributed by atoms with van der Waals surface area (Å²) < 4.78 is 0. The monoisotopic (exact) mass is 259 g/mol. The second-order valence-electron chi connectivity index (χ2n) is 5.07. The van der Waals surface area contributed by atoms with Gasteiger partial charge in [-0.2, -0.15) is 0 Å². The first-order chi connectivity index (χ1) is 9.11. The number of nitrogen functional groups attached to an aromatic ring is 1. The number of benzene rings is 1. The third-order valence-electron chi connectivity index (χ3n) is 3.33. The summed E-state index contributed by atoms with van der Waals surface area (Å²) in [6.45, 7) is 5.16. The van der Waals surface area contributed by atoms with E-state index < -0.39 is 0 Å². The second-order valence-corrected chi connectivity index (χ2v) is 5.07. The van der Waals surface area contributed by atoms with Crippen molar-refractivity contribution in [1.29, 1.82) is 0 Å². The van der Waals surface area contributed by atoms with Gasteiger partial charge in [-0.25, -0.2) is 0 Å². The first kappa shape index (κ1) is 13.6. The van der Waals surface area contributed by atoms with Gasteiger partial charge >= 0.3 is 0 Å². The maximum absolute atomic E-state index is 8.93. The van der Waals surface area contributed by atoms with Crippen molar-refractivity contribution in [2.45, 2.75) is 20.3 Å². The number of nitrogens with two attached hydrogens (primary N) is 1. The van der Waals surface area contributed by atoms with Crippen LogP contribution in [0.2, 0.25) is 0 Å². The van der Waals surface area contributed by atoms with E-state index in [2.05, 4.69) is 17.2 Å². The van der Waals surface area contributed by atoms with Crippen LogP contribution in [0, 0.1) is 12.8 Å². The van der Waals surface area contributed by atoms with Gasteiger partial charge in [-0.15, -0.1) is 0 Å². The zero-order chi connectivity index (χ0) is 13.8. The number of nitrogens with one attached hydrogen (secondary N) is 1. The van der Waals surface area contributed by atoms with Crippen molar-refractivity contribution in [1.82, 2.24) is 4.98 Å². The first-order valence-corrected chi connectivity index (χ1v) is 6.61. The van der Waals surface area contributed by atoms with Crippen molar-refractivity contribution in [3.05, 3.63) is 30.1 Å². The highest BCUT2D eigenvalue weighted by molar-refractivity contribution is 6.00. The summed E-state index contributed by atoms with van der Waals surface area (Å²) in [5.74, 6) is 0.431. The highest BCUT2D eigenvalue weighted by Crippen LogP contribution is 2.28. The Kier molecular flexibility index (Phi) is 4.22. The van der Waals surface area contributed by atoms with Gasteiger partial charge in [0, 0.05) is 47.2 Å². The molecule has 0 fully saturated rings. The van der Waals surface area contributed by atoms with Crippen LogP contribution in [0.1, 0.15) is 19.0 Å². The van der Waals surface area contributed by atoms with Gasteiger partial charge in [-0.05, 0) is 37.5 Å². The molecule has 4 heteroatoms. The highest BCUT2D eigenvalue weighted by Gasteiger charge is 2.07. The lowest BCUT2D eigenvalue weighted by molar-refractivity contribution is 0.266. The predicted octanol–water partition coefficient (Wildman–Crippen LogP) is 2.56. The number of hydrogen-bond donors (Lipinski definition) is 3. The van der Waals surface area contributed by atoms with Crippen LogP contribution in [0.15, 0.2) is 24.4 Å². The Morgan fingerprint density at radius 3 is 2.89 bits per heavy atom. The predicted molar refractivity (Wildman–Crippen MR) is 80.2 cm³/mol. The number of nitrogens with zero attached hydrogens (tertiary/aromatic N) is 1. The molecule has 19 heavy (non-hydrogen) atoms. The molecule has 0 radical (unpaired) electrons.